The fraction of sp³-hybridized carbons (Fsp3) is 0.357. The summed E-state index contributed by atoms with van der Waals surface area (Å²) in [6.45, 7) is 2.11. The standard InChI is InChI=1S/C14H19BrN4/c1-3-13-12(9-19(2)18-13)14(17-16)8-10-4-6-11(15)7-5-10/h4-7,9,14,17H,3,8,16H2,1-2H3. The van der Waals surface area contributed by atoms with Gasteiger partial charge in [-0.15, -0.1) is 0 Å². The van der Waals surface area contributed by atoms with Crippen LogP contribution in [-0.4, -0.2) is 9.78 Å². The minimum atomic E-state index is 0.0878. The number of nitrogens with one attached hydrogen (secondary N) is 1. The fourth-order valence-corrected chi connectivity index (χ4v) is 2.50. The fourth-order valence-electron chi connectivity index (χ4n) is 2.23. The van der Waals surface area contributed by atoms with E-state index in [0.717, 1.165) is 23.0 Å². The molecule has 1 heterocycles. The summed E-state index contributed by atoms with van der Waals surface area (Å²) in [6.07, 6.45) is 3.80. The molecule has 2 rings (SSSR count). The van der Waals surface area contributed by atoms with Crippen LogP contribution in [0.25, 0.3) is 0 Å². The van der Waals surface area contributed by atoms with Gasteiger partial charge in [0.2, 0.25) is 0 Å². The second kappa shape index (κ2) is 6.32. The maximum absolute atomic E-state index is 5.72. The van der Waals surface area contributed by atoms with Gasteiger partial charge in [-0.2, -0.15) is 5.10 Å². The third kappa shape index (κ3) is 3.43. The number of nitrogens with two attached hydrogens (primary N) is 1. The van der Waals surface area contributed by atoms with E-state index >= 15 is 0 Å². The highest BCUT2D eigenvalue weighted by molar-refractivity contribution is 9.10. The Morgan fingerprint density at radius 3 is 2.63 bits per heavy atom. The van der Waals surface area contributed by atoms with Gasteiger partial charge >= 0.3 is 0 Å². The zero-order valence-electron chi connectivity index (χ0n) is 11.2. The lowest BCUT2D eigenvalue weighted by molar-refractivity contribution is 0.547. The molecule has 0 aliphatic carbocycles. The molecular formula is C14H19BrN4. The molecule has 0 radical (unpaired) electrons. The van der Waals surface area contributed by atoms with Crippen molar-refractivity contribution in [1.82, 2.24) is 15.2 Å². The van der Waals surface area contributed by atoms with Gasteiger partial charge in [0.25, 0.3) is 0 Å². The van der Waals surface area contributed by atoms with Crippen LogP contribution in [0.3, 0.4) is 0 Å². The van der Waals surface area contributed by atoms with Gasteiger partial charge in [-0.05, 0) is 30.5 Å². The van der Waals surface area contributed by atoms with Crippen LogP contribution < -0.4 is 11.3 Å². The zero-order chi connectivity index (χ0) is 13.8. The molecule has 0 amide bonds. The van der Waals surface area contributed by atoms with Gasteiger partial charge in [0.05, 0.1) is 11.7 Å². The lowest BCUT2D eigenvalue weighted by atomic mass is 9.99. The lowest BCUT2D eigenvalue weighted by Crippen LogP contribution is -2.30. The van der Waals surface area contributed by atoms with E-state index in [9.17, 15) is 0 Å². The van der Waals surface area contributed by atoms with E-state index in [4.69, 9.17) is 5.84 Å². The number of rotatable bonds is 5. The van der Waals surface area contributed by atoms with E-state index in [1.54, 1.807) is 0 Å². The molecule has 4 nitrogen and oxygen atoms in total. The third-order valence-electron chi connectivity index (χ3n) is 3.20. The maximum atomic E-state index is 5.72. The molecule has 0 fully saturated rings. The molecule has 2 aromatic rings. The van der Waals surface area contributed by atoms with Gasteiger partial charge in [0.1, 0.15) is 0 Å². The van der Waals surface area contributed by atoms with Gasteiger partial charge in [-0.25, -0.2) is 0 Å². The van der Waals surface area contributed by atoms with Crippen molar-refractivity contribution >= 4 is 15.9 Å². The monoisotopic (exact) mass is 322 g/mol. The first-order chi connectivity index (χ1) is 9.13. The SMILES string of the molecule is CCc1nn(C)cc1C(Cc1ccc(Br)cc1)NN. The highest BCUT2D eigenvalue weighted by Crippen LogP contribution is 2.22. The summed E-state index contributed by atoms with van der Waals surface area (Å²) in [5.41, 5.74) is 6.43. The lowest BCUT2D eigenvalue weighted by Gasteiger charge is -2.16. The van der Waals surface area contributed by atoms with E-state index in [1.807, 2.05) is 30.1 Å². The molecule has 1 aromatic carbocycles. The molecule has 1 unspecified atom stereocenters. The predicted octanol–water partition coefficient (Wildman–Crippen LogP) is 2.49. The van der Waals surface area contributed by atoms with Crippen LogP contribution in [0, 0.1) is 0 Å². The van der Waals surface area contributed by atoms with Crippen molar-refractivity contribution in [2.45, 2.75) is 25.8 Å². The van der Waals surface area contributed by atoms with Crippen LogP contribution in [0.4, 0.5) is 0 Å². The minimum Gasteiger partial charge on any atom is -0.275 e. The molecule has 0 spiro atoms. The molecule has 102 valence electrons. The van der Waals surface area contributed by atoms with Crippen molar-refractivity contribution < 1.29 is 0 Å². The number of halogens is 1. The van der Waals surface area contributed by atoms with Crippen LogP contribution in [0.2, 0.25) is 0 Å². The van der Waals surface area contributed by atoms with E-state index in [1.165, 1.54) is 11.1 Å². The molecule has 1 aromatic heterocycles. The molecule has 19 heavy (non-hydrogen) atoms. The van der Waals surface area contributed by atoms with Gasteiger partial charge in [0, 0.05) is 23.3 Å². The van der Waals surface area contributed by atoms with Gasteiger partial charge in [-0.1, -0.05) is 35.0 Å². The van der Waals surface area contributed by atoms with Crippen molar-refractivity contribution in [2.24, 2.45) is 12.9 Å². The summed E-state index contributed by atoms with van der Waals surface area (Å²) in [5, 5.41) is 4.47. The Morgan fingerprint density at radius 1 is 1.37 bits per heavy atom. The molecule has 0 saturated heterocycles. The molecule has 0 aliphatic heterocycles. The largest absolute Gasteiger partial charge is 0.275 e. The Kier molecular flexibility index (Phi) is 4.74. The van der Waals surface area contributed by atoms with Gasteiger partial charge in [0.15, 0.2) is 0 Å². The number of hydrazine groups is 1. The number of nitrogens with zero attached hydrogens (tertiary/aromatic N) is 2. The predicted molar refractivity (Wildman–Crippen MR) is 80.5 cm³/mol. The van der Waals surface area contributed by atoms with E-state index in [-0.39, 0.29) is 6.04 Å². The van der Waals surface area contributed by atoms with Crippen LogP contribution in [0.15, 0.2) is 34.9 Å². The molecule has 3 N–H and O–H groups in total. The highest BCUT2D eigenvalue weighted by atomic mass is 79.9. The summed E-state index contributed by atoms with van der Waals surface area (Å²) in [7, 11) is 1.94. The van der Waals surface area contributed by atoms with Crippen molar-refractivity contribution in [3.63, 3.8) is 0 Å². The second-order valence-electron chi connectivity index (χ2n) is 4.61. The van der Waals surface area contributed by atoms with E-state index < -0.39 is 0 Å². The van der Waals surface area contributed by atoms with Gasteiger partial charge in [-0.3, -0.25) is 16.0 Å². The topological polar surface area (TPSA) is 55.9 Å². The van der Waals surface area contributed by atoms with Crippen molar-refractivity contribution in [3.8, 4) is 0 Å². The van der Waals surface area contributed by atoms with Crippen LogP contribution in [0.1, 0.15) is 29.8 Å². The third-order valence-corrected chi connectivity index (χ3v) is 3.73. The van der Waals surface area contributed by atoms with E-state index in [0.29, 0.717) is 0 Å². The molecular weight excluding hydrogens is 304 g/mol. The summed E-state index contributed by atoms with van der Waals surface area (Å²) in [6, 6.07) is 8.40. The number of hydrogen-bond acceptors (Lipinski definition) is 3. The first-order valence-corrected chi connectivity index (χ1v) is 7.16. The normalized spacial score (nSPS) is 12.6. The Morgan fingerprint density at radius 2 is 2.05 bits per heavy atom. The van der Waals surface area contributed by atoms with Crippen LogP contribution >= 0.6 is 15.9 Å². The van der Waals surface area contributed by atoms with Crippen LogP contribution in [-0.2, 0) is 19.9 Å². The molecule has 0 bridgehead atoms. The maximum Gasteiger partial charge on any atom is 0.0670 e. The number of benzene rings is 1. The van der Waals surface area contributed by atoms with Gasteiger partial charge < -0.3 is 0 Å². The Labute approximate surface area is 122 Å². The molecule has 0 saturated carbocycles. The summed E-state index contributed by atoms with van der Waals surface area (Å²) >= 11 is 3.45. The van der Waals surface area contributed by atoms with E-state index in [2.05, 4.69) is 45.5 Å². The summed E-state index contributed by atoms with van der Waals surface area (Å²) < 4.78 is 2.93. The first kappa shape index (κ1) is 14.2. The zero-order valence-corrected chi connectivity index (χ0v) is 12.8. The highest BCUT2D eigenvalue weighted by Gasteiger charge is 2.17. The van der Waals surface area contributed by atoms with Crippen molar-refractivity contribution in [1.29, 1.82) is 0 Å². The molecule has 5 heteroatoms. The molecule has 1 atom stereocenters. The number of hydrogen-bond donors (Lipinski definition) is 2. The van der Waals surface area contributed by atoms with Crippen molar-refractivity contribution in [2.75, 3.05) is 0 Å². The van der Waals surface area contributed by atoms with Crippen molar-refractivity contribution in [3.05, 3.63) is 51.8 Å². The molecule has 0 aliphatic rings. The average molecular weight is 323 g/mol. The minimum absolute atomic E-state index is 0.0878. The Bertz CT molecular complexity index is 533. The van der Waals surface area contributed by atoms with Crippen LogP contribution in [0.5, 0.6) is 0 Å². The summed E-state index contributed by atoms with van der Waals surface area (Å²) in [5.74, 6) is 5.72. The Balaban J connectivity index is 2.22. The first-order valence-electron chi connectivity index (χ1n) is 6.37. The second-order valence-corrected chi connectivity index (χ2v) is 5.52. The number of aryl methyl sites for hydroxylation is 2. The average Bonchev–Trinajstić information content (AvgIpc) is 2.79. The summed E-state index contributed by atoms with van der Waals surface area (Å²) in [4.78, 5) is 0. The quantitative estimate of drug-likeness (QED) is 0.657. The Hall–Kier alpha value is -1.17. The number of aromatic nitrogens is 2. The smallest absolute Gasteiger partial charge is 0.0670 e.